The van der Waals surface area contributed by atoms with Crippen molar-refractivity contribution >= 4 is 11.9 Å². The Hall–Kier alpha value is -1.50. The van der Waals surface area contributed by atoms with Crippen LogP contribution in [-0.2, 0) is 19.1 Å². The normalized spacial score (nSPS) is 25.9. The summed E-state index contributed by atoms with van der Waals surface area (Å²) in [4.78, 5) is 23.1. The molecule has 1 aliphatic carbocycles. The maximum absolute atomic E-state index is 12.1. The maximum Gasteiger partial charge on any atom is 0.310 e. The molecule has 0 aromatic carbocycles. The third-order valence-corrected chi connectivity index (χ3v) is 3.35. The molecule has 19 heavy (non-hydrogen) atoms. The average molecular weight is 266 g/mol. The quantitative estimate of drug-likeness (QED) is 0.580. The third-order valence-electron chi connectivity index (χ3n) is 3.35. The van der Waals surface area contributed by atoms with Crippen LogP contribution in [0.5, 0.6) is 0 Å². The highest BCUT2D eigenvalue weighted by molar-refractivity contribution is 5.78. The number of terminal acetylenes is 1. The lowest BCUT2D eigenvalue weighted by Crippen LogP contribution is -2.27. The summed E-state index contributed by atoms with van der Waals surface area (Å²) >= 11 is 0. The van der Waals surface area contributed by atoms with E-state index in [-0.39, 0.29) is 23.2 Å². The van der Waals surface area contributed by atoms with Crippen LogP contribution in [0.3, 0.4) is 0 Å². The number of carbonyl (C=O) groups is 2. The van der Waals surface area contributed by atoms with Crippen LogP contribution in [0.25, 0.3) is 0 Å². The van der Waals surface area contributed by atoms with Crippen LogP contribution in [0.1, 0.15) is 41.5 Å². The first-order valence-corrected chi connectivity index (χ1v) is 6.37. The van der Waals surface area contributed by atoms with Crippen molar-refractivity contribution in [2.24, 2.45) is 17.3 Å². The van der Waals surface area contributed by atoms with Gasteiger partial charge in [0.15, 0.2) is 6.10 Å². The fourth-order valence-electron chi connectivity index (χ4n) is 2.45. The van der Waals surface area contributed by atoms with E-state index in [1.54, 1.807) is 0 Å². The predicted molar refractivity (Wildman–Crippen MR) is 71.0 cm³/mol. The Labute approximate surface area is 114 Å². The first kappa shape index (κ1) is 15.6. The summed E-state index contributed by atoms with van der Waals surface area (Å²) in [6.07, 6.45) is 4.72. The average Bonchev–Trinajstić information content (AvgIpc) is 2.75. The Balaban J connectivity index is 2.80. The lowest BCUT2D eigenvalue weighted by atomic mass is 10.1. The maximum atomic E-state index is 12.1. The molecule has 0 aromatic heterocycles. The van der Waals surface area contributed by atoms with Crippen LogP contribution < -0.4 is 0 Å². The summed E-state index contributed by atoms with van der Waals surface area (Å²) in [5.74, 6) is 1.22. The molecule has 0 aliphatic heterocycles. The zero-order chi connectivity index (χ0) is 15.0. The Morgan fingerprint density at radius 2 is 1.84 bits per heavy atom. The van der Waals surface area contributed by atoms with Gasteiger partial charge in [-0.2, -0.15) is 0 Å². The minimum atomic E-state index is -0.676. The second kappa shape index (κ2) is 4.88. The summed E-state index contributed by atoms with van der Waals surface area (Å²) in [6.45, 7) is 10.6. The molecule has 1 saturated carbocycles. The molecular weight excluding hydrogens is 244 g/mol. The number of ether oxygens (including phenoxy) is 2. The summed E-state index contributed by atoms with van der Waals surface area (Å²) in [7, 11) is 0. The SMILES string of the molecule is C#CC(OC(C)=O)C1C(C(=O)OC(C)(C)C)C1(C)C. The van der Waals surface area contributed by atoms with Gasteiger partial charge in [-0.15, -0.1) is 6.42 Å². The standard InChI is InChI=1S/C15H22O4/c1-8-10(18-9(2)16)11-12(15(11,6)7)13(17)19-14(3,4)5/h1,10-12H,2-7H3. The summed E-state index contributed by atoms with van der Waals surface area (Å²) in [6, 6.07) is 0. The smallest absolute Gasteiger partial charge is 0.310 e. The number of rotatable bonds is 3. The lowest BCUT2D eigenvalue weighted by molar-refractivity contribution is -0.158. The summed E-state index contributed by atoms with van der Waals surface area (Å²) < 4.78 is 10.5. The van der Waals surface area contributed by atoms with E-state index in [0.717, 1.165) is 0 Å². The molecule has 0 saturated heterocycles. The topological polar surface area (TPSA) is 52.6 Å². The largest absolute Gasteiger partial charge is 0.460 e. The number of esters is 2. The van der Waals surface area contributed by atoms with Gasteiger partial charge < -0.3 is 9.47 Å². The Morgan fingerprint density at radius 1 is 1.32 bits per heavy atom. The molecule has 4 nitrogen and oxygen atoms in total. The van der Waals surface area contributed by atoms with Crippen molar-refractivity contribution in [2.75, 3.05) is 0 Å². The number of hydrogen-bond acceptors (Lipinski definition) is 4. The van der Waals surface area contributed by atoms with E-state index in [1.807, 2.05) is 34.6 Å². The fourth-order valence-corrected chi connectivity index (χ4v) is 2.45. The van der Waals surface area contributed by atoms with E-state index in [4.69, 9.17) is 15.9 Å². The molecule has 3 atom stereocenters. The lowest BCUT2D eigenvalue weighted by Gasteiger charge is -2.20. The molecule has 106 valence electrons. The van der Waals surface area contributed by atoms with Gasteiger partial charge in [0.25, 0.3) is 0 Å². The van der Waals surface area contributed by atoms with Gasteiger partial charge in [0.1, 0.15) is 5.60 Å². The summed E-state index contributed by atoms with van der Waals surface area (Å²) in [5, 5.41) is 0. The minimum Gasteiger partial charge on any atom is -0.460 e. The molecule has 1 aliphatic rings. The molecule has 1 rings (SSSR count). The minimum absolute atomic E-state index is 0.184. The molecule has 0 spiro atoms. The second-order valence-corrected chi connectivity index (χ2v) is 6.55. The van der Waals surface area contributed by atoms with Crippen LogP contribution in [-0.4, -0.2) is 23.6 Å². The van der Waals surface area contributed by atoms with Gasteiger partial charge in [-0.05, 0) is 26.2 Å². The first-order chi connectivity index (χ1) is 8.50. The van der Waals surface area contributed by atoms with E-state index < -0.39 is 17.7 Å². The Bertz CT molecular complexity index is 422. The van der Waals surface area contributed by atoms with E-state index >= 15 is 0 Å². The van der Waals surface area contributed by atoms with E-state index in [0.29, 0.717) is 0 Å². The van der Waals surface area contributed by atoms with Gasteiger partial charge in [0.2, 0.25) is 0 Å². The zero-order valence-corrected chi connectivity index (χ0v) is 12.4. The molecule has 1 fully saturated rings. The molecule has 0 radical (unpaired) electrons. The highest BCUT2D eigenvalue weighted by Crippen LogP contribution is 2.61. The van der Waals surface area contributed by atoms with Crippen molar-refractivity contribution in [3.8, 4) is 12.3 Å². The monoisotopic (exact) mass is 266 g/mol. The van der Waals surface area contributed by atoms with Crippen molar-refractivity contribution in [1.82, 2.24) is 0 Å². The van der Waals surface area contributed by atoms with Gasteiger partial charge in [-0.1, -0.05) is 19.8 Å². The van der Waals surface area contributed by atoms with E-state index in [9.17, 15) is 9.59 Å². The second-order valence-electron chi connectivity index (χ2n) is 6.55. The van der Waals surface area contributed by atoms with Crippen molar-refractivity contribution in [3.05, 3.63) is 0 Å². The van der Waals surface area contributed by atoms with Gasteiger partial charge in [0.05, 0.1) is 5.92 Å². The predicted octanol–water partition coefficient (Wildman–Crippen LogP) is 2.17. The van der Waals surface area contributed by atoms with Crippen LogP contribution in [0, 0.1) is 29.6 Å². The van der Waals surface area contributed by atoms with Crippen molar-refractivity contribution in [2.45, 2.75) is 53.2 Å². The summed E-state index contributed by atoms with van der Waals surface area (Å²) in [5.41, 5.74) is -0.845. The molecular formula is C15H22O4. The highest BCUT2D eigenvalue weighted by Gasteiger charge is 2.66. The van der Waals surface area contributed by atoms with Crippen LogP contribution in [0.4, 0.5) is 0 Å². The highest BCUT2D eigenvalue weighted by atomic mass is 16.6. The molecule has 0 N–H and O–H groups in total. The number of hydrogen-bond donors (Lipinski definition) is 0. The van der Waals surface area contributed by atoms with E-state index in [2.05, 4.69) is 5.92 Å². The third kappa shape index (κ3) is 3.50. The molecule has 3 unspecified atom stereocenters. The van der Waals surface area contributed by atoms with Crippen LogP contribution in [0.2, 0.25) is 0 Å². The Kier molecular flexibility index (Phi) is 4.00. The van der Waals surface area contributed by atoms with Crippen LogP contribution in [0.15, 0.2) is 0 Å². The molecule has 0 aromatic rings. The number of carbonyl (C=O) groups excluding carboxylic acids is 2. The fraction of sp³-hybridized carbons (Fsp3) is 0.733. The molecule has 4 heteroatoms. The van der Waals surface area contributed by atoms with Crippen molar-refractivity contribution in [3.63, 3.8) is 0 Å². The van der Waals surface area contributed by atoms with Gasteiger partial charge in [0, 0.05) is 12.8 Å². The van der Waals surface area contributed by atoms with Crippen molar-refractivity contribution in [1.29, 1.82) is 0 Å². The molecule has 0 heterocycles. The zero-order valence-electron chi connectivity index (χ0n) is 12.4. The van der Waals surface area contributed by atoms with Gasteiger partial charge >= 0.3 is 11.9 Å². The van der Waals surface area contributed by atoms with E-state index in [1.165, 1.54) is 6.92 Å². The van der Waals surface area contributed by atoms with Gasteiger partial charge in [-0.25, -0.2) is 0 Å². The molecule has 0 amide bonds. The Morgan fingerprint density at radius 3 is 2.21 bits per heavy atom. The first-order valence-electron chi connectivity index (χ1n) is 6.37. The van der Waals surface area contributed by atoms with Gasteiger partial charge in [-0.3, -0.25) is 9.59 Å². The van der Waals surface area contributed by atoms with Crippen LogP contribution >= 0.6 is 0 Å². The van der Waals surface area contributed by atoms with Crippen molar-refractivity contribution < 1.29 is 19.1 Å². The molecule has 0 bridgehead atoms.